The minimum atomic E-state index is -4.74. The van der Waals surface area contributed by atoms with Crippen molar-refractivity contribution in [3.05, 3.63) is 0 Å². The molecule has 0 aromatic heterocycles. The average molecular weight is 379 g/mol. The molecule has 0 amide bonds. The predicted octanol–water partition coefficient (Wildman–Crippen LogP) is 5.44. The van der Waals surface area contributed by atoms with Crippen LogP contribution in [0.4, 0.5) is 3.89 Å². The van der Waals surface area contributed by atoms with E-state index in [0.717, 1.165) is 12.8 Å². The minimum absolute atomic E-state index is 0. The van der Waals surface area contributed by atoms with Crippen LogP contribution in [0.1, 0.15) is 103 Å². The van der Waals surface area contributed by atoms with E-state index in [2.05, 4.69) is 11.1 Å². The van der Waals surface area contributed by atoms with Gasteiger partial charge >= 0.3 is 61.9 Å². The molecule has 23 heavy (non-hydrogen) atoms. The van der Waals surface area contributed by atoms with Crippen molar-refractivity contribution in [3.63, 3.8) is 0 Å². The Kier molecular flexibility index (Phi) is 23.0. The molecule has 0 aliphatic rings. The number of hydrogen-bond acceptors (Lipinski definition) is 3. The Hall–Kier alpha value is 1.48. The van der Waals surface area contributed by atoms with Crippen molar-refractivity contribution in [2.45, 2.75) is 103 Å². The van der Waals surface area contributed by atoms with E-state index in [4.69, 9.17) is 0 Å². The van der Waals surface area contributed by atoms with Crippen LogP contribution in [0.3, 0.4) is 0 Å². The molecule has 0 aromatic rings. The Morgan fingerprint density at radius 1 is 0.652 bits per heavy atom. The van der Waals surface area contributed by atoms with Crippen LogP contribution in [0.15, 0.2) is 0 Å². The van der Waals surface area contributed by atoms with E-state index in [0.29, 0.717) is 6.42 Å². The zero-order chi connectivity index (χ0) is 16.5. The summed E-state index contributed by atoms with van der Waals surface area (Å²) >= 11 is 0. The molecule has 0 aliphatic carbocycles. The molecule has 0 atom stereocenters. The molecule has 3 nitrogen and oxygen atoms in total. The molecule has 0 aliphatic heterocycles. The molecule has 0 rings (SSSR count). The van der Waals surface area contributed by atoms with Crippen LogP contribution >= 0.6 is 0 Å². The van der Waals surface area contributed by atoms with Gasteiger partial charge < -0.3 is 0 Å². The van der Waals surface area contributed by atoms with Crippen LogP contribution in [0.5, 0.6) is 0 Å². The van der Waals surface area contributed by atoms with Crippen LogP contribution in [0.25, 0.3) is 0 Å². The standard InChI is InChI=1S/C17H35FO3S.K.H/c1-2-3-4-5-6-7-8-9-10-11-12-13-14-15-16-17-21-22(18,19)20;;/h2-17H2,1H3;;. The Balaban J connectivity index is 0. The molecule has 0 saturated carbocycles. The monoisotopic (exact) mass is 378 g/mol. The Labute approximate surface area is 186 Å². The Morgan fingerprint density at radius 3 is 1.26 bits per heavy atom. The summed E-state index contributed by atoms with van der Waals surface area (Å²) < 4.78 is 36.2. The predicted molar refractivity (Wildman–Crippen MR) is 98.1 cm³/mol. The van der Waals surface area contributed by atoms with Gasteiger partial charge in [-0.1, -0.05) is 101 Å². The summed E-state index contributed by atoms with van der Waals surface area (Å²) in [6.45, 7) is 2.22. The third kappa shape index (κ3) is 25.8. The molecule has 0 fully saturated rings. The molecule has 0 spiro atoms. The van der Waals surface area contributed by atoms with Gasteiger partial charge in [0.2, 0.25) is 0 Å². The molecule has 0 saturated heterocycles. The van der Waals surface area contributed by atoms with Gasteiger partial charge in [-0.3, -0.25) is 0 Å². The first kappa shape index (κ1) is 26.7. The molecule has 0 bridgehead atoms. The first-order valence-electron chi connectivity index (χ1n) is 9.15. The van der Waals surface area contributed by atoms with Gasteiger partial charge in [0, 0.05) is 0 Å². The molecular formula is C17H36FKO3S. The summed E-state index contributed by atoms with van der Waals surface area (Å²) in [5.74, 6) is 0. The number of halogens is 1. The molecule has 0 aromatic carbocycles. The van der Waals surface area contributed by atoms with Crippen molar-refractivity contribution >= 4 is 61.9 Å². The second kappa shape index (κ2) is 19.8. The summed E-state index contributed by atoms with van der Waals surface area (Å²) in [5.41, 5.74) is 0. The van der Waals surface area contributed by atoms with Gasteiger partial charge in [0.25, 0.3) is 0 Å². The number of rotatable bonds is 17. The van der Waals surface area contributed by atoms with Crippen LogP contribution in [0.2, 0.25) is 0 Å². The second-order valence-corrected chi connectivity index (χ2v) is 7.19. The van der Waals surface area contributed by atoms with Crippen LogP contribution in [-0.4, -0.2) is 66.4 Å². The fourth-order valence-electron chi connectivity index (χ4n) is 2.63. The molecule has 136 valence electrons. The topological polar surface area (TPSA) is 43.4 Å². The summed E-state index contributed by atoms with van der Waals surface area (Å²) in [5, 5.41) is 0. The van der Waals surface area contributed by atoms with Gasteiger partial charge in [-0.05, 0) is 6.42 Å². The third-order valence-electron chi connectivity index (χ3n) is 3.97. The van der Waals surface area contributed by atoms with E-state index in [1.165, 1.54) is 77.0 Å². The molecule has 0 heterocycles. The second-order valence-electron chi connectivity index (χ2n) is 6.16. The number of unbranched alkanes of at least 4 members (excludes halogenated alkanes) is 14. The average Bonchev–Trinajstić information content (AvgIpc) is 2.45. The first-order valence-corrected chi connectivity index (χ1v) is 10.5. The maximum atomic E-state index is 12.0. The zero-order valence-electron chi connectivity index (χ0n) is 14.3. The molecule has 0 N–H and O–H groups in total. The normalized spacial score (nSPS) is 11.4. The van der Waals surface area contributed by atoms with E-state index in [1.807, 2.05) is 0 Å². The molecule has 0 radical (unpaired) electrons. The van der Waals surface area contributed by atoms with E-state index in [9.17, 15) is 12.3 Å². The van der Waals surface area contributed by atoms with E-state index >= 15 is 0 Å². The van der Waals surface area contributed by atoms with Gasteiger partial charge in [0.1, 0.15) is 0 Å². The molecule has 0 unspecified atom stereocenters. The first-order chi connectivity index (χ1) is 10.6. The molecular weight excluding hydrogens is 342 g/mol. The maximum absolute atomic E-state index is 12.0. The third-order valence-corrected chi connectivity index (χ3v) is 4.42. The number of hydrogen-bond donors (Lipinski definition) is 0. The van der Waals surface area contributed by atoms with Crippen LogP contribution in [0, 0.1) is 0 Å². The van der Waals surface area contributed by atoms with Crippen molar-refractivity contribution < 1.29 is 16.5 Å². The van der Waals surface area contributed by atoms with Crippen molar-refractivity contribution in [1.29, 1.82) is 0 Å². The van der Waals surface area contributed by atoms with Gasteiger partial charge in [-0.15, -0.1) is 0 Å². The van der Waals surface area contributed by atoms with Gasteiger partial charge in [-0.25, -0.2) is 4.18 Å². The summed E-state index contributed by atoms with van der Waals surface area (Å²) in [6, 6.07) is 0. The summed E-state index contributed by atoms with van der Waals surface area (Å²) in [6.07, 6.45) is 18.7. The molecule has 6 heteroatoms. The summed E-state index contributed by atoms with van der Waals surface area (Å²) in [7, 11) is -4.74. The van der Waals surface area contributed by atoms with Gasteiger partial charge in [0.05, 0.1) is 6.61 Å². The van der Waals surface area contributed by atoms with Crippen molar-refractivity contribution in [3.8, 4) is 0 Å². The van der Waals surface area contributed by atoms with Gasteiger partial charge in [0.15, 0.2) is 0 Å². The van der Waals surface area contributed by atoms with Crippen molar-refractivity contribution in [2.75, 3.05) is 6.61 Å². The van der Waals surface area contributed by atoms with E-state index < -0.39 is 10.5 Å². The summed E-state index contributed by atoms with van der Waals surface area (Å²) in [4.78, 5) is 0. The van der Waals surface area contributed by atoms with Crippen molar-refractivity contribution in [2.24, 2.45) is 0 Å². The quantitative estimate of drug-likeness (QED) is 0.192. The Morgan fingerprint density at radius 2 is 0.957 bits per heavy atom. The fourth-order valence-corrected chi connectivity index (χ4v) is 2.95. The van der Waals surface area contributed by atoms with Crippen molar-refractivity contribution in [1.82, 2.24) is 0 Å². The fraction of sp³-hybridized carbons (Fsp3) is 1.00. The van der Waals surface area contributed by atoms with E-state index in [1.54, 1.807) is 0 Å². The van der Waals surface area contributed by atoms with Crippen LogP contribution in [-0.2, 0) is 14.7 Å². The Bertz CT molecular complexity index is 324. The van der Waals surface area contributed by atoms with Crippen LogP contribution < -0.4 is 0 Å². The van der Waals surface area contributed by atoms with E-state index in [-0.39, 0.29) is 58.0 Å². The zero-order valence-corrected chi connectivity index (χ0v) is 15.1. The SMILES string of the molecule is CCCCCCCCCCCCCCCCCOS(=O)(=O)F.[KH]. The van der Waals surface area contributed by atoms with Gasteiger partial charge in [-0.2, -0.15) is 8.42 Å².